The van der Waals surface area contributed by atoms with E-state index in [-0.39, 0.29) is 13.2 Å². The molecule has 1 amide bonds. The lowest BCUT2D eigenvalue weighted by atomic mass is 10.2. The fourth-order valence-electron chi connectivity index (χ4n) is 0.871. The molecule has 0 aromatic heterocycles. The highest BCUT2D eigenvalue weighted by molar-refractivity contribution is 5.91. The van der Waals surface area contributed by atoms with Gasteiger partial charge >= 0.3 is 18.0 Å². The van der Waals surface area contributed by atoms with Crippen molar-refractivity contribution in [2.24, 2.45) is 0 Å². The Balaban J connectivity index is 3.75. The van der Waals surface area contributed by atoms with E-state index in [4.69, 9.17) is 9.47 Å². The predicted octanol–water partition coefficient (Wildman–Crippen LogP) is 0.783. The SMILES string of the molecule is COC(=O)C=CC(=O)OCCNC(=O)OC(C)(C)C. The molecule has 0 spiro atoms. The van der Waals surface area contributed by atoms with Crippen molar-refractivity contribution in [3.8, 4) is 0 Å². The standard InChI is InChI=1S/C12H19NO6/c1-12(2,3)19-11(16)13-7-8-18-10(15)6-5-9(14)17-4/h5-6H,7-8H2,1-4H3,(H,13,16). The van der Waals surface area contributed by atoms with Gasteiger partial charge in [-0.15, -0.1) is 0 Å². The van der Waals surface area contributed by atoms with Crippen molar-refractivity contribution in [1.82, 2.24) is 5.32 Å². The highest BCUT2D eigenvalue weighted by atomic mass is 16.6. The summed E-state index contributed by atoms with van der Waals surface area (Å²) >= 11 is 0. The average molecular weight is 273 g/mol. The van der Waals surface area contributed by atoms with Crippen molar-refractivity contribution in [2.45, 2.75) is 26.4 Å². The lowest BCUT2D eigenvalue weighted by Gasteiger charge is -2.19. The molecule has 0 saturated heterocycles. The van der Waals surface area contributed by atoms with Crippen LogP contribution >= 0.6 is 0 Å². The van der Waals surface area contributed by atoms with Gasteiger partial charge in [0.15, 0.2) is 0 Å². The molecule has 0 aliphatic carbocycles. The van der Waals surface area contributed by atoms with Gasteiger partial charge in [0, 0.05) is 12.2 Å². The Morgan fingerprint density at radius 3 is 2.21 bits per heavy atom. The maximum Gasteiger partial charge on any atom is 0.407 e. The molecule has 1 N–H and O–H groups in total. The Labute approximate surface area is 111 Å². The molecule has 108 valence electrons. The van der Waals surface area contributed by atoms with E-state index < -0.39 is 23.6 Å². The van der Waals surface area contributed by atoms with Crippen LogP contribution in [-0.2, 0) is 23.8 Å². The minimum atomic E-state index is -0.698. The molecule has 0 unspecified atom stereocenters. The summed E-state index contributed by atoms with van der Waals surface area (Å²) in [7, 11) is 1.20. The topological polar surface area (TPSA) is 90.9 Å². The molecule has 0 aromatic carbocycles. The second kappa shape index (κ2) is 8.12. The molecule has 0 aromatic rings. The number of esters is 2. The summed E-state index contributed by atoms with van der Waals surface area (Å²) in [5.41, 5.74) is -0.579. The van der Waals surface area contributed by atoms with Crippen LogP contribution in [0, 0.1) is 0 Å². The van der Waals surface area contributed by atoms with E-state index >= 15 is 0 Å². The molecular formula is C12H19NO6. The van der Waals surface area contributed by atoms with Crippen molar-refractivity contribution in [2.75, 3.05) is 20.3 Å². The molecule has 19 heavy (non-hydrogen) atoms. The number of alkyl carbamates (subject to hydrolysis) is 1. The van der Waals surface area contributed by atoms with E-state index in [2.05, 4.69) is 10.1 Å². The Kier molecular flexibility index (Phi) is 7.25. The molecule has 0 rings (SSSR count). The number of hydrogen-bond acceptors (Lipinski definition) is 6. The van der Waals surface area contributed by atoms with Crippen molar-refractivity contribution in [3.63, 3.8) is 0 Å². The largest absolute Gasteiger partial charge is 0.466 e. The summed E-state index contributed by atoms with van der Waals surface area (Å²) in [4.78, 5) is 33.0. The second-order valence-corrected chi connectivity index (χ2v) is 4.45. The smallest absolute Gasteiger partial charge is 0.407 e. The number of amides is 1. The Bertz CT molecular complexity index is 356. The van der Waals surface area contributed by atoms with Crippen LogP contribution in [0.15, 0.2) is 12.2 Å². The molecule has 0 aliphatic heterocycles. The van der Waals surface area contributed by atoms with Crippen LogP contribution in [0.25, 0.3) is 0 Å². The molecule has 0 heterocycles. The monoisotopic (exact) mass is 273 g/mol. The molecule has 0 aliphatic rings. The van der Waals surface area contributed by atoms with Gasteiger partial charge in [-0.2, -0.15) is 0 Å². The van der Waals surface area contributed by atoms with Gasteiger partial charge in [-0.1, -0.05) is 0 Å². The highest BCUT2D eigenvalue weighted by Crippen LogP contribution is 2.05. The van der Waals surface area contributed by atoms with E-state index in [9.17, 15) is 14.4 Å². The maximum atomic E-state index is 11.2. The molecule has 0 fully saturated rings. The molecule has 7 heteroatoms. The summed E-state index contributed by atoms with van der Waals surface area (Å²) in [5.74, 6) is -1.35. The van der Waals surface area contributed by atoms with E-state index in [1.165, 1.54) is 7.11 Å². The number of rotatable bonds is 5. The van der Waals surface area contributed by atoms with Crippen LogP contribution in [0.3, 0.4) is 0 Å². The number of nitrogens with one attached hydrogen (secondary N) is 1. The van der Waals surface area contributed by atoms with Crippen LogP contribution in [0.5, 0.6) is 0 Å². The molecular weight excluding hydrogens is 254 g/mol. The number of carbonyl (C=O) groups is 3. The Hall–Kier alpha value is -2.05. The van der Waals surface area contributed by atoms with E-state index in [0.29, 0.717) is 0 Å². The number of carbonyl (C=O) groups excluding carboxylic acids is 3. The summed E-state index contributed by atoms with van der Waals surface area (Å²) in [6.07, 6.45) is 1.30. The summed E-state index contributed by atoms with van der Waals surface area (Å²) < 4.78 is 14.0. The zero-order valence-corrected chi connectivity index (χ0v) is 11.5. The van der Waals surface area contributed by atoms with Crippen molar-refractivity contribution >= 4 is 18.0 Å². The quantitative estimate of drug-likeness (QED) is 0.344. The highest BCUT2D eigenvalue weighted by Gasteiger charge is 2.15. The predicted molar refractivity (Wildman–Crippen MR) is 66.4 cm³/mol. The first-order valence-corrected chi connectivity index (χ1v) is 5.64. The first kappa shape index (κ1) is 16.9. The van der Waals surface area contributed by atoms with Gasteiger partial charge in [-0.25, -0.2) is 14.4 Å². The second-order valence-electron chi connectivity index (χ2n) is 4.45. The van der Waals surface area contributed by atoms with Gasteiger partial charge in [0.2, 0.25) is 0 Å². The maximum absolute atomic E-state index is 11.2. The summed E-state index contributed by atoms with van der Waals surface area (Å²) in [6, 6.07) is 0. The zero-order chi connectivity index (χ0) is 14.9. The third-order valence-corrected chi connectivity index (χ3v) is 1.57. The van der Waals surface area contributed by atoms with Crippen LogP contribution in [0.4, 0.5) is 4.79 Å². The number of hydrogen-bond donors (Lipinski definition) is 1. The van der Waals surface area contributed by atoms with Crippen molar-refractivity contribution < 1.29 is 28.6 Å². The van der Waals surface area contributed by atoms with E-state index in [1.807, 2.05) is 0 Å². The van der Waals surface area contributed by atoms with Crippen molar-refractivity contribution in [3.05, 3.63) is 12.2 Å². The molecule has 0 radical (unpaired) electrons. The fourth-order valence-corrected chi connectivity index (χ4v) is 0.871. The lowest BCUT2D eigenvalue weighted by molar-refractivity contribution is -0.139. The minimum absolute atomic E-state index is 0.0242. The summed E-state index contributed by atoms with van der Waals surface area (Å²) in [6.45, 7) is 5.31. The lowest BCUT2D eigenvalue weighted by Crippen LogP contribution is -2.34. The summed E-state index contributed by atoms with van der Waals surface area (Å²) in [5, 5.41) is 2.42. The van der Waals surface area contributed by atoms with Crippen molar-refractivity contribution in [1.29, 1.82) is 0 Å². The van der Waals surface area contributed by atoms with E-state index in [0.717, 1.165) is 12.2 Å². The zero-order valence-electron chi connectivity index (χ0n) is 11.5. The molecule has 0 bridgehead atoms. The van der Waals surface area contributed by atoms with Gasteiger partial charge < -0.3 is 19.5 Å². The van der Waals surface area contributed by atoms with E-state index in [1.54, 1.807) is 20.8 Å². The van der Waals surface area contributed by atoms with Gasteiger partial charge in [0.05, 0.1) is 13.7 Å². The Morgan fingerprint density at radius 2 is 1.68 bits per heavy atom. The van der Waals surface area contributed by atoms with Gasteiger partial charge in [0.25, 0.3) is 0 Å². The first-order valence-electron chi connectivity index (χ1n) is 5.64. The first-order chi connectivity index (χ1) is 8.74. The molecule has 7 nitrogen and oxygen atoms in total. The number of methoxy groups -OCH3 is 1. The third kappa shape index (κ3) is 10.8. The van der Waals surface area contributed by atoms with Crippen LogP contribution in [0.2, 0.25) is 0 Å². The minimum Gasteiger partial charge on any atom is -0.466 e. The van der Waals surface area contributed by atoms with Crippen LogP contribution in [0.1, 0.15) is 20.8 Å². The fraction of sp³-hybridized carbons (Fsp3) is 0.583. The van der Waals surface area contributed by atoms with Crippen LogP contribution < -0.4 is 5.32 Å². The van der Waals surface area contributed by atoms with Gasteiger partial charge in [-0.05, 0) is 20.8 Å². The van der Waals surface area contributed by atoms with Gasteiger partial charge in [-0.3, -0.25) is 0 Å². The Morgan fingerprint density at radius 1 is 1.11 bits per heavy atom. The normalized spacial score (nSPS) is 10.9. The molecule has 0 atom stereocenters. The third-order valence-electron chi connectivity index (χ3n) is 1.57. The van der Waals surface area contributed by atoms with Gasteiger partial charge in [0.1, 0.15) is 12.2 Å². The number of ether oxygens (including phenoxy) is 3. The molecule has 0 saturated carbocycles. The average Bonchev–Trinajstić information content (AvgIpc) is 2.29. The van der Waals surface area contributed by atoms with Crippen LogP contribution in [-0.4, -0.2) is 43.9 Å².